The van der Waals surface area contributed by atoms with Crippen molar-refractivity contribution in [1.29, 1.82) is 0 Å². The Morgan fingerprint density at radius 1 is 1.43 bits per heavy atom. The lowest BCUT2D eigenvalue weighted by molar-refractivity contribution is -0.153. The van der Waals surface area contributed by atoms with Crippen molar-refractivity contribution in [2.45, 2.75) is 19.5 Å². The van der Waals surface area contributed by atoms with E-state index in [2.05, 4.69) is 5.32 Å². The maximum absolute atomic E-state index is 12.3. The van der Waals surface area contributed by atoms with E-state index in [1.807, 2.05) is 0 Å². The molecule has 23 heavy (non-hydrogen) atoms. The molecule has 1 saturated heterocycles. The van der Waals surface area contributed by atoms with Crippen molar-refractivity contribution in [3.8, 4) is 5.75 Å². The van der Waals surface area contributed by atoms with Crippen molar-refractivity contribution in [2.75, 3.05) is 25.5 Å². The van der Waals surface area contributed by atoms with Crippen LogP contribution in [0, 0.1) is 12.8 Å². The van der Waals surface area contributed by atoms with Gasteiger partial charge in [0.25, 0.3) is 0 Å². The first-order valence-corrected chi connectivity index (χ1v) is 7.01. The topological polar surface area (TPSA) is 58.6 Å². The first kappa shape index (κ1) is 17.1. The number of aryl methyl sites for hydroxylation is 1. The number of carbonyl (C=O) groups is 2. The second-order valence-electron chi connectivity index (χ2n) is 5.57. The fraction of sp³-hybridized carbons (Fsp3) is 0.467. The zero-order chi connectivity index (χ0) is 17.2. The van der Waals surface area contributed by atoms with Crippen LogP contribution in [0.3, 0.4) is 0 Å². The summed E-state index contributed by atoms with van der Waals surface area (Å²) in [6, 6.07) is 4.56. The Morgan fingerprint density at radius 3 is 2.70 bits per heavy atom. The summed E-state index contributed by atoms with van der Waals surface area (Å²) in [7, 11) is 1.60. The van der Waals surface area contributed by atoms with Gasteiger partial charge >= 0.3 is 6.18 Å². The highest BCUT2D eigenvalue weighted by Crippen LogP contribution is 2.29. The van der Waals surface area contributed by atoms with Gasteiger partial charge in [0, 0.05) is 20.0 Å². The number of likely N-dealkylation sites (tertiary alicyclic amines) is 1. The fourth-order valence-corrected chi connectivity index (χ4v) is 2.29. The summed E-state index contributed by atoms with van der Waals surface area (Å²) in [6.07, 6.45) is -4.38. The Labute approximate surface area is 131 Å². The van der Waals surface area contributed by atoms with Crippen LogP contribution in [0.2, 0.25) is 0 Å². The molecule has 8 heteroatoms. The van der Waals surface area contributed by atoms with Crippen molar-refractivity contribution in [3.05, 3.63) is 23.8 Å². The average Bonchev–Trinajstić information content (AvgIpc) is 2.78. The molecule has 1 aliphatic rings. The monoisotopic (exact) mass is 330 g/mol. The number of rotatable bonds is 4. The summed E-state index contributed by atoms with van der Waals surface area (Å²) in [5, 5.41) is 2.55. The zero-order valence-electron chi connectivity index (χ0n) is 12.7. The van der Waals surface area contributed by atoms with Gasteiger partial charge in [-0.2, -0.15) is 13.2 Å². The van der Waals surface area contributed by atoms with Crippen LogP contribution in [-0.2, 0) is 9.59 Å². The maximum atomic E-state index is 12.3. The van der Waals surface area contributed by atoms with Crippen molar-refractivity contribution in [3.63, 3.8) is 0 Å². The minimum atomic E-state index is -4.47. The van der Waals surface area contributed by atoms with Crippen LogP contribution in [0.1, 0.15) is 12.0 Å². The molecule has 0 radical (unpaired) electrons. The summed E-state index contributed by atoms with van der Waals surface area (Å²) in [4.78, 5) is 25.1. The Bertz CT molecular complexity index is 616. The number of hydrogen-bond donors (Lipinski definition) is 1. The molecule has 0 saturated carbocycles. The predicted octanol–water partition coefficient (Wildman–Crippen LogP) is 2.35. The molecule has 1 aliphatic heterocycles. The molecule has 1 aromatic rings. The minimum Gasteiger partial charge on any atom is -0.482 e. The van der Waals surface area contributed by atoms with Crippen molar-refractivity contribution < 1.29 is 27.5 Å². The molecular weight excluding hydrogens is 313 g/mol. The van der Waals surface area contributed by atoms with Crippen LogP contribution in [0.5, 0.6) is 5.75 Å². The van der Waals surface area contributed by atoms with E-state index < -0.39 is 24.6 Å². The van der Waals surface area contributed by atoms with Gasteiger partial charge in [-0.1, -0.05) is 6.07 Å². The molecule has 0 spiro atoms. The van der Waals surface area contributed by atoms with E-state index >= 15 is 0 Å². The lowest BCUT2D eigenvalue weighted by atomic mass is 10.1. The highest BCUT2D eigenvalue weighted by molar-refractivity contribution is 5.98. The molecule has 1 fully saturated rings. The molecule has 0 aliphatic carbocycles. The molecule has 0 bridgehead atoms. The number of ether oxygens (including phenoxy) is 1. The summed E-state index contributed by atoms with van der Waals surface area (Å²) < 4.78 is 41.7. The molecule has 1 N–H and O–H groups in total. The number of nitrogens with zero attached hydrogens (tertiary/aromatic N) is 1. The summed E-state index contributed by atoms with van der Waals surface area (Å²) in [6.45, 7) is 0.551. The van der Waals surface area contributed by atoms with E-state index in [0.717, 1.165) is 0 Å². The number of halogens is 3. The SMILES string of the molecule is Cc1ccc(NC(=O)C2CC(=O)N(C)C2)c(OCC(F)(F)F)c1. The Balaban J connectivity index is 2.10. The van der Waals surface area contributed by atoms with Crippen LogP contribution in [0.25, 0.3) is 0 Å². The number of anilines is 1. The predicted molar refractivity (Wildman–Crippen MR) is 77.1 cm³/mol. The van der Waals surface area contributed by atoms with E-state index in [4.69, 9.17) is 4.74 Å². The number of nitrogens with one attached hydrogen (secondary N) is 1. The van der Waals surface area contributed by atoms with E-state index in [9.17, 15) is 22.8 Å². The molecule has 0 aromatic heterocycles. The van der Waals surface area contributed by atoms with Crippen LogP contribution < -0.4 is 10.1 Å². The Hall–Kier alpha value is -2.25. The lowest BCUT2D eigenvalue weighted by Crippen LogP contribution is -2.26. The first-order chi connectivity index (χ1) is 10.7. The highest BCUT2D eigenvalue weighted by atomic mass is 19.4. The Kier molecular flexibility index (Phi) is 4.82. The van der Waals surface area contributed by atoms with Gasteiger partial charge in [0.05, 0.1) is 11.6 Å². The first-order valence-electron chi connectivity index (χ1n) is 7.01. The largest absolute Gasteiger partial charge is 0.482 e. The quantitative estimate of drug-likeness (QED) is 0.922. The lowest BCUT2D eigenvalue weighted by Gasteiger charge is -2.16. The van der Waals surface area contributed by atoms with E-state index in [-0.39, 0.29) is 30.3 Å². The molecular formula is C15H17F3N2O3. The fourth-order valence-electron chi connectivity index (χ4n) is 2.29. The molecule has 2 amide bonds. The number of alkyl halides is 3. The van der Waals surface area contributed by atoms with Crippen LogP contribution >= 0.6 is 0 Å². The molecule has 126 valence electrons. The van der Waals surface area contributed by atoms with Gasteiger partial charge in [0.15, 0.2) is 6.61 Å². The van der Waals surface area contributed by atoms with E-state index in [1.54, 1.807) is 20.0 Å². The molecule has 2 rings (SSSR count). The Morgan fingerprint density at radius 2 is 2.13 bits per heavy atom. The molecule has 1 unspecified atom stereocenters. The van der Waals surface area contributed by atoms with Crippen molar-refractivity contribution in [2.24, 2.45) is 5.92 Å². The average molecular weight is 330 g/mol. The molecule has 5 nitrogen and oxygen atoms in total. The molecule has 1 atom stereocenters. The van der Waals surface area contributed by atoms with Crippen LogP contribution in [0.15, 0.2) is 18.2 Å². The summed E-state index contributed by atoms with van der Waals surface area (Å²) in [5.41, 5.74) is 0.864. The minimum absolute atomic E-state index is 0.0478. The molecule has 1 heterocycles. The van der Waals surface area contributed by atoms with E-state index in [0.29, 0.717) is 5.56 Å². The van der Waals surface area contributed by atoms with Crippen LogP contribution in [-0.4, -0.2) is 43.1 Å². The second-order valence-corrected chi connectivity index (χ2v) is 5.57. The van der Waals surface area contributed by atoms with Crippen molar-refractivity contribution >= 4 is 17.5 Å². The van der Waals surface area contributed by atoms with Gasteiger partial charge in [-0.3, -0.25) is 9.59 Å². The number of carbonyl (C=O) groups excluding carboxylic acids is 2. The van der Waals surface area contributed by atoms with Gasteiger partial charge in [0.1, 0.15) is 5.75 Å². The third-order valence-electron chi connectivity index (χ3n) is 3.50. The third-order valence-corrected chi connectivity index (χ3v) is 3.50. The highest BCUT2D eigenvalue weighted by Gasteiger charge is 2.33. The number of benzene rings is 1. The van der Waals surface area contributed by atoms with Gasteiger partial charge in [0.2, 0.25) is 11.8 Å². The van der Waals surface area contributed by atoms with Gasteiger partial charge in [-0.25, -0.2) is 0 Å². The van der Waals surface area contributed by atoms with Gasteiger partial charge in [-0.15, -0.1) is 0 Å². The standard InChI is InChI=1S/C15H17F3N2O3/c1-9-3-4-11(12(5-9)23-8-15(16,17)18)19-14(22)10-6-13(21)20(2)7-10/h3-5,10H,6-8H2,1-2H3,(H,19,22). The zero-order valence-corrected chi connectivity index (χ0v) is 12.7. The van der Waals surface area contributed by atoms with Crippen LogP contribution in [0.4, 0.5) is 18.9 Å². The smallest absolute Gasteiger partial charge is 0.422 e. The normalized spacial score (nSPS) is 18.2. The maximum Gasteiger partial charge on any atom is 0.422 e. The number of amides is 2. The summed E-state index contributed by atoms with van der Waals surface area (Å²) >= 11 is 0. The second kappa shape index (κ2) is 6.47. The van der Waals surface area contributed by atoms with E-state index in [1.165, 1.54) is 17.0 Å². The molecule has 1 aromatic carbocycles. The summed E-state index contributed by atoms with van der Waals surface area (Å²) in [5.74, 6) is -1.12. The van der Waals surface area contributed by atoms with Gasteiger partial charge in [-0.05, 0) is 24.6 Å². The number of hydrogen-bond acceptors (Lipinski definition) is 3. The van der Waals surface area contributed by atoms with Crippen molar-refractivity contribution in [1.82, 2.24) is 4.90 Å². The van der Waals surface area contributed by atoms with Gasteiger partial charge < -0.3 is 15.0 Å². The third kappa shape index (κ3) is 4.61.